The monoisotopic (exact) mass is 435 g/mol. The van der Waals surface area contributed by atoms with Crippen LogP contribution in [0.2, 0.25) is 0 Å². The summed E-state index contributed by atoms with van der Waals surface area (Å²) in [6.07, 6.45) is 0.928. The van der Waals surface area contributed by atoms with Crippen molar-refractivity contribution < 1.29 is 9.32 Å². The Morgan fingerprint density at radius 2 is 1.83 bits per heavy atom. The molecule has 30 heavy (non-hydrogen) atoms. The largest absolute Gasteiger partial charge is 0.283 e. The second-order valence-electron chi connectivity index (χ2n) is 6.94. The molecule has 0 saturated heterocycles. The number of hydrogen-bond acceptors (Lipinski definition) is 10. The van der Waals surface area contributed by atoms with Gasteiger partial charge in [0.15, 0.2) is 11.2 Å². The number of hydrogen-bond donors (Lipinski definition) is 2. The lowest BCUT2D eigenvalue weighted by molar-refractivity contribution is -0.193. The van der Waals surface area contributed by atoms with Crippen molar-refractivity contribution in [1.82, 2.24) is 26.0 Å². The first kappa shape index (κ1) is 25.2. The fraction of sp³-hybridized carbons (Fsp3) is 0.474. The highest BCUT2D eigenvalue weighted by atomic mass is 32.2. The highest BCUT2D eigenvalue weighted by Crippen LogP contribution is 2.28. The van der Waals surface area contributed by atoms with Gasteiger partial charge in [-0.1, -0.05) is 74.2 Å². The zero-order chi connectivity index (χ0) is 22.4. The maximum Gasteiger partial charge on any atom is 0.191 e. The molecule has 1 aliphatic rings. The number of tetrazole rings is 1. The highest BCUT2D eigenvalue weighted by Gasteiger charge is 2.12. The van der Waals surface area contributed by atoms with E-state index in [1.54, 1.807) is 0 Å². The van der Waals surface area contributed by atoms with E-state index in [0.29, 0.717) is 11.8 Å². The lowest BCUT2D eigenvalue weighted by Crippen LogP contribution is -2.02. The number of rotatable bonds is 7. The Hall–Kier alpha value is -2.79. The first-order chi connectivity index (χ1) is 14.3. The molecular formula is C19H29N7O3S. The molecule has 1 aromatic heterocycles. The summed E-state index contributed by atoms with van der Waals surface area (Å²) in [6, 6.07) is 9.74. The van der Waals surface area contributed by atoms with Gasteiger partial charge >= 0.3 is 0 Å². The van der Waals surface area contributed by atoms with E-state index in [-0.39, 0.29) is 5.25 Å². The van der Waals surface area contributed by atoms with Crippen LogP contribution in [-0.2, 0) is 9.32 Å². The van der Waals surface area contributed by atoms with Gasteiger partial charge in [-0.05, 0) is 18.4 Å². The molecule has 1 aliphatic heterocycles. The van der Waals surface area contributed by atoms with E-state index in [0.717, 1.165) is 35.5 Å². The maximum absolute atomic E-state index is 9.51. The molecule has 164 valence electrons. The van der Waals surface area contributed by atoms with E-state index in [1.165, 1.54) is 5.71 Å². The summed E-state index contributed by atoms with van der Waals surface area (Å²) in [7, 11) is 0. The Kier molecular flexibility index (Phi) is 12.0. The van der Waals surface area contributed by atoms with Crippen molar-refractivity contribution in [1.29, 1.82) is 0 Å². The van der Waals surface area contributed by atoms with Crippen LogP contribution in [0.3, 0.4) is 0 Å². The van der Waals surface area contributed by atoms with Crippen LogP contribution in [0.25, 0.3) is 0 Å². The van der Waals surface area contributed by atoms with Gasteiger partial charge in [0.05, 0.1) is 17.3 Å². The molecule has 0 amide bonds. The van der Waals surface area contributed by atoms with Crippen molar-refractivity contribution in [3.05, 3.63) is 58.9 Å². The number of nitrogens with zero attached hydrogens (tertiary/aromatic N) is 5. The number of benzene rings is 1. The second-order valence-corrected chi connectivity index (χ2v) is 7.98. The van der Waals surface area contributed by atoms with Crippen LogP contribution in [-0.4, -0.2) is 26.3 Å². The molecule has 1 unspecified atom stereocenters. The van der Waals surface area contributed by atoms with Gasteiger partial charge in [0.25, 0.3) is 0 Å². The third-order valence-corrected chi connectivity index (χ3v) is 4.51. The number of nitrogens with one attached hydrogen (secondary N) is 2. The zero-order valence-corrected chi connectivity index (χ0v) is 18.7. The van der Waals surface area contributed by atoms with E-state index < -0.39 is 0 Å². The van der Waals surface area contributed by atoms with Crippen molar-refractivity contribution in [2.75, 3.05) is 0 Å². The minimum absolute atomic E-state index is 0.1000. The fourth-order valence-corrected chi connectivity index (χ4v) is 2.51. The smallest absolute Gasteiger partial charge is 0.191 e. The summed E-state index contributed by atoms with van der Waals surface area (Å²) in [6.45, 7) is 14.0. The molecule has 10 nitrogen and oxygen atoms in total. The Morgan fingerprint density at radius 3 is 2.23 bits per heavy atom. The zero-order valence-electron chi connectivity index (χ0n) is 17.9. The van der Waals surface area contributed by atoms with Gasteiger partial charge in [-0.15, -0.1) is 15.1 Å². The molecule has 0 radical (unpaired) electrons. The molecular weight excluding hydrogens is 406 g/mol. The number of allylic oxidation sites excluding steroid dienone is 1. The van der Waals surface area contributed by atoms with Crippen molar-refractivity contribution in [3.63, 3.8) is 0 Å². The Balaban J connectivity index is 0.000000234. The molecule has 0 spiro atoms. The Morgan fingerprint density at radius 1 is 1.13 bits per heavy atom. The standard InChI is InChI=1S/C8H9NO3S.C7H12N2.C4H8N4/c1-7(13-12-11-9-10)8-5-3-2-4-6-8;1-5(2)7-4-6(3)8-9-7;1-3(2)4-5-7-8-6-4/h2-7H,1H3;5,8H,3-4H2,1-2H3;3H,1-2H3,(H,5,6,7,8). The van der Waals surface area contributed by atoms with Gasteiger partial charge in [0, 0.05) is 23.7 Å². The highest BCUT2D eigenvalue weighted by molar-refractivity contribution is 7.94. The second kappa shape index (κ2) is 14.2. The van der Waals surface area contributed by atoms with E-state index in [2.05, 4.69) is 66.2 Å². The molecule has 2 aromatic rings. The van der Waals surface area contributed by atoms with E-state index in [1.807, 2.05) is 51.1 Å². The molecule has 0 saturated carbocycles. The predicted molar refractivity (Wildman–Crippen MR) is 118 cm³/mol. The van der Waals surface area contributed by atoms with Crippen molar-refractivity contribution >= 4 is 17.8 Å². The first-order valence-electron chi connectivity index (χ1n) is 9.45. The number of hydrazone groups is 1. The molecule has 1 aromatic carbocycles. The molecule has 0 aliphatic carbocycles. The molecule has 0 fully saturated rings. The summed E-state index contributed by atoms with van der Waals surface area (Å²) in [5.41, 5.74) is 6.16. The first-order valence-corrected chi connectivity index (χ1v) is 10.3. The maximum atomic E-state index is 9.51. The van der Waals surface area contributed by atoms with Gasteiger partial charge in [-0.3, -0.25) is 5.43 Å². The number of H-pyrrole nitrogens is 1. The van der Waals surface area contributed by atoms with Gasteiger partial charge in [0.2, 0.25) is 0 Å². The summed E-state index contributed by atoms with van der Waals surface area (Å²) >= 11 is 1.04. The fourth-order valence-electron chi connectivity index (χ4n) is 2.06. The van der Waals surface area contributed by atoms with Gasteiger partial charge in [-0.2, -0.15) is 15.3 Å². The lowest BCUT2D eigenvalue weighted by Gasteiger charge is -2.06. The van der Waals surface area contributed by atoms with Crippen LogP contribution in [0.5, 0.6) is 0 Å². The third kappa shape index (κ3) is 10.1. The topological polar surface area (TPSA) is 127 Å². The summed E-state index contributed by atoms with van der Waals surface area (Å²) in [5.74, 6) is 1.69. The van der Waals surface area contributed by atoms with E-state index in [4.69, 9.17) is 0 Å². The van der Waals surface area contributed by atoms with Gasteiger partial charge < -0.3 is 0 Å². The van der Waals surface area contributed by atoms with Crippen molar-refractivity contribution in [2.45, 2.75) is 52.2 Å². The molecule has 3 rings (SSSR count). The van der Waals surface area contributed by atoms with E-state index in [9.17, 15) is 4.91 Å². The van der Waals surface area contributed by atoms with E-state index >= 15 is 0 Å². The Labute approximate surface area is 181 Å². The van der Waals surface area contributed by atoms with Crippen LogP contribution < -0.4 is 5.43 Å². The van der Waals surface area contributed by atoms with Gasteiger partial charge in [0.1, 0.15) is 0 Å². The van der Waals surface area contributed by atoms with Crippen LogP contribution >= 0.6 is 12.0 Å². The minimum atomic E-state index is 0.1000. The molecule has 11 heteroatoms. The van der Waals surface area contributed by atoms with Crippen LogP contribution in [0.1, 0.15) is 63.6 Å². The average molecular weight is 436 g/mol. The SMILES string of the molecule is C=C1CC(C(C)C)=NN1.CC(C)c1nn[nH]n1.CC(SOON=O)c1ccccc1. The van der Waals surface area contributed by atoms with Crippen LogP contribution in [0, 0.1) is 10.8 Å². The number of aromatic nitrogens is 4. The average Bonchev–Trinajstić information content (AvgIpc) is 3.42. The summed E-state index contributed by atoms with van der Waals surface area (Å²) in [4.78, 5) is 13.4. The van der Waals surface area contributed by atoms with Crippen LogP contribution in [0.4, 0.5) is 0 Å². The lowest BCUT2D eigenvalue weighted by atomic mass is 10.1. The van der Waals surface area contributed by atoms with Crippen molar-refractivity contribution in [2.24, 2.45) is 16.4 Å². The predicted octanol–water partition coefficient (Wildman–Crippen LogP) is 4.85. The summed E-state index contributed by atoms with van der Waals surface area (Å²) < 4.78 is 4.44. The molecule has 1 atom stereocenters. The molecule has 0 bridgehead atoms. The Bertz CT molecular complexity index is 768. The molecule has 2 heterocycles. The quantitative estimate of drug-likeness (QED) is 0.208. The third-order valence-electron chi connectivity index (χ3n) is 3.81. The minimum Gasteiger partial charge on any atom is -0.283 e. The number of aromatic amines is 1. The molecule has 2 N–H and O–H groups in total. The normalized spacial score (nSPS) is 13.4. The van der Waals surface area contributed by atoms with Crippen LogP contribution in [0.15, 0.2) is 53.0 Å². The summed E-state index contributed by atoms with van der Waals surface area (Å²) in [5, 5.41) is 19.6. The van der Waals surface area contributed by atoms with Crippen molar-refractivity contribution in [3.8, 4) is 0 Å². The van der Waals surface area contributed by atoms with Gasteiger partial charge in [-0.25, -0.2) is 0 Å².